The van der Waals surface area contributed by atoms with Gasteiger partial charge in [-0.1, -0.05) is 66.2 Å². The Hall–Kier alpha value is -5.61. The highest BCUT2D eigenvalue weighted by molar-refractivity contribution is 6.69. The second-order valence-corrected chi connectivity index (χ2v) is 11.8. The van der Waals surface area contributed by atoms with Gasteiger partial charge in [-0.15, -0.1) is 0 Å². The van der Waals surface area contributed by atoms with E-state index in [0.717, 1.165) is 22.3 Å². The van der Waals surface area contributed by atoms with Gasteiger partial charge in [0.05, 0.1) is 5.69 Å². The average molecular weight is 661 g/mol. The molecule has 2 amide bonds. The lowest BCUT2D eigenvalue weighted by molar-refractivity contribution is 0.0544. The minimum Gasteiger partial charge on any atom is -0.445 e. The quantitative estimate of drug-likeness (QED) is 0.239. The first-order valence-electron chi connectivity index (χ1n) is 15.5. The van der Waals surface area contributed by atoms with Gasteiger partial charge < -0.3 is 19.9 Å². The fourth-order valence-electron chi connectivity index (χ4n) is 5.86. The maximum atomic E-state index is 14.9. The molecular formula is C37H30ClFN6O3. The Balaban J connectivity index is 0.994. The molecule has 1 N–H and O–H groups in total. The van der Waals surface area contributed by atoms with Crippen molar-refractivity contribution in [1.29, 1.82) is 0 Å². The zero-order valence-corrected chi connectivity index (χ0v) is 26.5. The van der Waals surface area contributed by atoms with Crippen LogP contribution in [0.4, 0.5) is 20.8 Å². The standard InChI is InChI=1S/C37H30ClFN6O3/c38-33-20-30(29-8-4-5-9-32(29)39)28-15-12-26-21-41-36(43-34(26)31(28)22-40-33)42-27-13-10-25(11-14-27)35(46)44-16-18-45(19-17-44)37(47)48-23-24-6-2-1-3-7-24/h1-11,13-15,20-22H,12,16-19,23H2,(H,41,42,43). The number of nitrogens with one attached hydrogen (secondary N) is 1. The number of carbonyl (C=O) groups is 2. The first kappa shape index (κ1) is 31.0. The molecule has 0 bridgehead atoms. The Kier molecular flexibility index (Phi) is 8.80. The fourth-order valence-corrected chi connectivity index (χ4v) is 6.02. The van der Waals surface area contributed by atoms with E-state index in [2.05, 4.69) is 15.3 Å². The van der Waals surface area contributed by atoms with E-state index in [9.17, 15) is 14.0 Å². The summed E-state index contributed by atoms with van der Waals surface area (Å²) in [5.41, 5.74) is 6.32. The number of benzene rings is 3. The van der Waals surface area contributed by atoms with Crippen molar-refractivity contribution in [3.8, 4) is 0 Å². The predicted molar refractivity (Wildman–Crippen MR) is 183 cm³/mol. The molecule has 4 aromatic rings. The monoisotopic (exact) mass is 660 g/mol. The number of rotatable bonds is 6. The second kappa shape index (κ2) is 13.6. The van der Waals surface area contributed by atoms with Crippen LogP contribution >= 0.6 is 11.6 Å². The number of carbonyl (C=O) groups excluding carboxylic acids is 2. The SMILES string of the molecule is O=C(OCc1ccccc1)N1CCN(C(=O)c2ccc(Nc3ncc4c(n3)C3=CN=C(Cl)C=C(c5ccccc5F)C3=CC4)cc2)CC1. The highest BCUT2D eigenvalue weighted by Crippen LogP contribution is 2.41. The molecule has 240 valence electrons. The topological polar surface area (TPSA) is 100 Å². The molecule has 0 saturated carbocycles. The molecule has 9 nitrogen and oxygen atoms in total. The van der Waals surface area contributed by atoms with Crippen LogP contribution in [0.3, 0.4) is 0 Å². The van der Waals surface area contributed by atoms with Gasteiger partial charge in [0.2, 0.25) is 5.95 Å². The van der Waals surface area contributed by atoms with Crippen molar-refractivity contribution in [1.82, 2.24) is 19.8 Å². The maximum Gasteiger partial charge on any atom is 0.410 e. The van der Waals surface area contributed by atoms with Gasteiger partial charge in [0.15, 0.2) is 0 Å². The largest absolute Gasteiger partial charge is 0.445 e. The number of halogens is 2. The van der Waals surface area contributed by atoms with Crippen molar-refractivity contribution in [2.45, 2.75) is 13.0 Å². The van der Waals surface area contributed by atoms with E-state index in [-0.39, 0.29) is 29.6 Å². The molecule has 0 spiro atoms. The zero-order chi connectivity index (χ0) is 33.0. The summed E-state index contributed by atoms with van der Waals surface area (Å²) in [6, 6.07) is 23.2. The van der Waals surface area contributed by atoms with E-state index in [4.69, 9.17) is 21.3 Å². The average Bonchev–Trinajstić information content (AvgIpc) is 3.30. The lowest BCUT2D eigenvalue weighted by Gasteiger charge is -2.34. The van der Waals surface area contributed by atoms with Gasteiger partial charge in [-0.25, -0.2) is 24.1 Å². The van der Waals surface area contributed by atoms with Crippen LogP contribution in [-0.2, 0) is 17.8 Å². The number of aliphatic imine (C=N–C) groups is 1. The molecule has 0 unspecified atom stereocenters. The van der Waals surface area contributed by atoms with Crippen molar-refractivity contribution < 1.29 is 18.7 Å². The molecule has 0 radical (unpaired) electrons. The van der Waals surface area contributed by atoms with Crippen molar-refractivity contribution in [2.24, 2.45) is 4.99 Å². The van der Waals surface area contributed by atoms with E-state index in [1.165, 1.54) is 6.07 Å². The fraction of sp³-hybridized carbons (Fsp3) is 0.162. The van der Waals surface area contributed by atoms with E-state index in [0.29, 0.717) is 66.6 Å². The van der Waals surface area contributed by atoms with Crippen LogP contribution in [0, 0.1) is 5.82 Å². The minimum absolute atomic E-state index is 0.110. The molecule has 0 atom stereocenters. The predicted octanol–water partition coefficient (Wildman–Crippen LogP) is 7.01. The molecule has 11 heteroatoms. The van der Waals surface area contributed by atoms with Gasteiger partial charge in [0.25, 0.3) is 5.91 Å². The maximum absolute atomic E-state index is 14.9. The van der Waals surface area contributed by atoms with E-state index < -0.39 is 0 Å². The van der Waals surface area contributed by atoms with Gasteiger partial charge in [-0.2, -0.15) is 0 Å². The number of fused-ring (bicyclic) bond motifs is 3. The van der Waals surface area contributed by atoms with Gasteiger partial charge in [-0.05, 0) is 59.5 Å². The number of anilines is 2. The van der Waals surface area contributed by atoms with Crippen molar-refractivity contribution >= 4 is 51.6 Å². The number of amides is 2. The molecule has 1 saturated heterocycles. The lowest BCUT2D eigenvalue weighted by atomic mass is 9.85. The molecule has 3 heterocycles. The number of nitrogens with zero attached hydrogens (tertiary/aromatic N) is 5. The Morgan fingerprint density at radius 2 is 1.60 bits per heavy atom. The van der Waals surface area contributed by atoms with Crippen LogP contribution in [0.1, 0.15) is 32.7 Å². The van der Waals surface area contributed by atoms with Crippen molar-refractivity contribution in [3.05, 3.63) is 143 Å². The van der Waals surface area contributed by atoms with Crippen LogP contribution in [0.2, 0.25) is 0 Å². The number of ether oxygens (including phenoxy) is 1. The van der Waals surface area contributed by atoms with Crippen molar-refractivity contribution in [3.63, 3.8) is 0 Å². The summed E-state index contributed by atoms with van der Waals surface area (Å²) in [7, 11) is 0. The molecule has 48 heavy (non-hydrogen) atoms. The van der Waals surface area contributed by atoms with Gasteiger partial charge in [0.1, 0.15) is 17.6 Å². The third-order valence-electron chi connectivity index (χ3n) is 8.39. The summed E-state index contributed by atoms with van der Waals surface area (Å²) in [6.45, 7) is 1.84. The summed E-state index contributed by atoms with van der Waals surface area (Å²) in [5.74, 6) is -0.1000. The Labute approximate surface area is 281 Å². The van der Waals surface area contributed by atoms with Gasteiger partial charge in [0, 0.05) is 66.5 Å². The Morgan fingerprint density at radius 1 is 0.875 bits per heavy atom. The number of hydrogen-bond acceptors (Lipinski definition) is 7. The summed E-state index contributed by atoms with van der Waals surface area (Å²) < 4.78 is 20.3. The smallest absolute Gasteiger partial charge is 0.410 e. The number of allylic oxidation sites excluding steroid dienone is 5. The number of aromatic nitrogens is 2. The van der Waals surface area contributed by atoms with Crippen LogP contribution in [0.25, 0.3) is 11.1 Å². The van der Waals surface area contributed by atoms with E-state index >= 15 is 0 Å². The van der Waals surface area contributed by atoms with E-state index in [1.807, 2.05) is 36.4 Å². The first-order chi connectivity index (χ1) is 23.4. The normalized spacial score (nSPS) is 15.5. The molecular weight excluding hydrogens is 631 g/mol. The molecule has 7 rings (SSSR count). The van der Waals surface area contributed by atoms with Crippen molar-refractivity contribution in [2.75, 3.05) is 31.5 Å². The summed E-state index contributed by atoms with van der Waals surface area (Å²) in [5, 5.41) is 3.46. The van der Waals surface area contributed by atoms with Crippen LogP contribution < -0.4 is 5.32 Å². The summed E-state index contributed by atoms with van der Waals surface area (Å²) in [6.07, 6.45) is 7.28. The molecule has 1 aliphatic carbocycles. The zero-order valence-electron chi connectivity index (χ0n) is 25.8. The number of piperazine rings is 1. The van der Waals surface area contributed by atoms with Crippen LogP contribution in [-0.4, -0.2) is 63.1 Å². The third kappa shape index (κ3) is 6.61. The molecule has 3 aromatic carbocycles. The summed E-state index contributed by atoms with van der Waals surface area (Å²) >= 11 is 6.37. The third-order valence-corrected chi connectivity index (χ3v) is 8.60. The Morgan fingerprint density at radius 3 is 2.38 bits per heavy atom. The molecule has 3 aliphatic rings. The molecule has 1 fully saturated rings. The Bertz CT molecular complexity index is 2000. The van der Waals surface area contributed by atoms with Crippen LogP contribution in [0.15, 0.2) is 114 Å². The number of hydrogen-bond donors (Lipinski definition) is 1. The second-order valence-electron chi connectivity index (χ2n) is 11.4. The molecule has 2 aliphatic heterocycles. The highest BCUT2D eigenvalue weighted by Gasteiger charge is 2.27. The van der Waals surface area contributed by atoms with Crippen LogP contribution in [0.5, 0.6) is 0 Å². The minimum atomic E-state index is -0.383. The summed E-state index contributed by atoms with van der Waals surface area (Å²) in [4.78, 5) is 42.8. The van der Waals surface area contributed by atoms with Gasteiger partial charge in [-0.3, -0.25) is 4.79 Å². The van der Waals surface area contributed by atoms with E-state index in [1.54, 1.807) is 70.7 Å². The highest BCUT2D eigenvalue weighted by atomic mass is 35.5. The lowest BCUT2D eigenvalue weighted by Crippen LogP contribution is -2.50. The first-order valence-corrected chi connectivity index (χ1v) is 15.9. The van der Waals surface area contributed by atoms with Gasteiger partial charge >= 0.3 is 6.09 Å². The molecule has 1 aromatic heterocycles.